The first-order valence-electron chi connectivity index (χ1n) is 4.83. The Morgan fingerprint density at radius 1 is 1.53 bits per heavy atom. The highest BCUT2D eigenvalue weighted by Gasteiger charge is 2.22. The second-order valence-corrected chi connectivity index (χ2v) is 4.60. The van der Waals surface area contributed by atoms with Gasteiger partial charge in [-0.25, -0.2) is 8.78 Å². The van der Waals surface area contributed by atoms with Gasteiger partial charge < -0.3 is 5.11 Å². The highest BCUT2D eigenvalue weighted by Crippen LogP contribution is 2.33. The summed E-state index contributed by atoms with van der Waals surface area (Å²) in [6.45, 7) is 1.59. The maximum absolute atomic E-state index is 13.4. The average molecular weight is 263 g/mol. The van der Waals surface area contributed by atoms with Crippen LogP contribution in [0.25, 0.3) is 0 Å². The van der Waals surface area contributed by atoms with Gasteiger partial charge in [0.1, 0.15) is 4.90 Å². The third-order valence-electron chi connectivity index (χ3n) is 2.05. The normalized spacial score (nSPS) is 12.5. The number of nitro groups is 1. The monoisotopic (exact) mass is 263 g/mol. The zero-order chi connectivity index (χ0) is 13.0. The van der Waals surface area contributed by atoms with Gasteiger partial charge in [0, 0.05) is 18.4 Å². The van der Waals surface area contributed by atoms with Gasteiger partial charge in [-0.2, -0.15) is 0 Å². The minimum absolute atomic E-state index is 0.113. The highest BCUT2D eigenvalue weighted by molar-refractivity contribution is 7.99. The lowest BCUT2D eigenvalue weighted by Gasteiger charge is -2.08. The van der Waals surface area contributed by atoms with Gasteiger partial charge in [0.15, 0.2) is 11.6 Å². The fraction of sp³-hybridized carbons (Fsp3) is 0.400. The van der Waals surface area contributed by atoms with Crippen LogP contribution in [0.15, 0.2) is 17.0 Å². The molecule has 0 aromatic heterocycles. The van der Waals surface area contributed by atoms with Crippen LogP contribution in [-0.4, -0.2) is 22.4 Å². The molecule has 0 aliphatic rings. The van der Waals surface area contributed by atoms with Gasteiger partial charge >= 0.3 is 0 Å². The molecule has 1 aromatic rings. The van der Waals surface area contributed by atoms with Crippen LogP contribution in [0.4, 0.5) is 14.5 Å². The third-order valence-corrected chi connectivity index (χ3v) is 3.46. The van der Waals surface area contributed by atoms with Crippen molar-refractivity contribution in [1.82, 2.24) is 0 Å². The summed E-state index contributed by atoms with van der Waals surface area (Å²) < 4.78 is 26.4. The van der Waals surface area contributed by atoms with Gasteiger partial charge in [-0.3, -0.25) is 10.1 Å². The van der Waals surface area contributed by atoms with Crippen molar-refractivity contribution in [3.63, 3.8) is 0 Å². The predicted molar refractivity (Wildman–Crippen MR) is 60.0 cm³/mol. The van der Waals surface area contributed by atoms with E-state index in [4.69, 9.17) is 5.11 Å². The Hall–Kier alpha value is -1.21. The molecule has 0 amide bonds. The largest absolute Gasteiger partial charge is 0.396 e. The molecule has 1 N–H and O–H groups in total. The number of aliphatic hydroxyl groups is 1. The van der Waals surface area contributed by atoms with E-state index in [1.54, 1.807) is 6.92 Å². The summed E-state index contributed by atoms with van der Waals surface area (Å²) in [6, 6.07) is 1.66. The van der Waals surface area contributed by atoms with Crippen molar-refractivity contribution in [3.05, 3.63) is 33.9 Å². The lowest BCUT2D eigenvalue weighted by atomic mass is 10.2. The molecule has 17 heavy (non-hydrogen) atoms. The van der Waals surface area contributed by atoms with Gasteiger partial charge in [0.2, 0.25) is 0 Å². The fourth-order valence-corrected chi connectivity index (χ4v) is 2.15. The number of hydrogen-bond donors (Lipinski definition) is 1. The standard InChI is InChI=1S/C10H11F2NO3S/c1-6(4-14)5-17-10-8(13(15)16)3-2-7(11)9(10)12/h2-3,6,14H,4-5H2,1H3. The van der Waals surface area contributed by atoms with Crippen LogP contribution < -0.4 is 0 Å². The minimum atomic E-state index is -1.21. The van der Waals surface area contributed by atoms with Crippen molar-refractivity contribution in [3.8, 4) is 0 Å². The lowest BCUT2D eigenvalue weighted by molar-refractivity contribution is -0.388. The van der Waals surface area contributed by atoms with Crippen LogP contribution in [-0.2, 0) is 0 Å². The minimum Gasteiger partial charge on any atom is -0.396 e. The van der Waals surface area contributed by atoms with Gasteiger partial charge in [0.25, 0.3) is 5.69 Å². The maximum atomic E-state index is 13.4. The highest BCUT2D eigenvalue weighted by atomic mass is 32.2. The number of rotatable bonds is 5. The predicted octanol–water partition coefficient (Wildman–Crippen LogP) is 2.59. The summed E-state index contributed by atoms with van der Waals surface area (Å²) >= 11 is 0.832. The van der Waals surface area contributed by atoms with Crippen molar-refractivity contribution >= 4 is 17.4 Å². The Morgan fingerprint density at radius 2 is 2.18 bits per heavy atom. The number of aliphatic hydroxyl groups excluding tert-OH is 1. The van der Waals surface area contributed by atoms with Crippen LogP contribution >= 0.6 is 11.8 Å². The molecule has 0 heterocycles. The van der Waals surface area contributed by atoms with Gasteiger partial charge in [-0.1, -0.05) is 6.92 Å². The topological polar surface area (TPSA) is 63.4 Å². The van der Waals surface area contributed by atoms with Gasteiger partial charge in [-0.15, -0.1) is 11.8 Å². The first-order valence-corrected chi connectivity index (χ1v) is 5.82. The quantitative estimate of drug-likeness (QED) is 0.504. The van der Waals surface area contributed by atoms with Crippen LogP contribution in [0.5, 0.6) is 0 Å². The zero-order valence-corrected chi connectivity index (χ0v) is 9.84. The Labute approximate surface area is 101 Å². The van der Waals surface area contributed by atoms with Crippen LogP contribution in [0.1, 0.15) is 6.92 Å². The first kappa shape index (κ1) is 13.9. The first-order chi connectivity index (χ1) is 7.97. The van der Waals surface area contributed by atoms with Crippen molar-refractivity contribution in [2.24, 2.45) is 5.92 Å². The summed E-state index contributed by atoms with van der Waals surface area (Å²) in [7, 11) is 0. The average Bonchev–Trinajstić information content (AvgIpc) is 2.30. The molecule has 0 bridgehead atoms. The van der Waals surface area contributed by atoms with Crippen LogP contribution in [0.2, 0.25) is 0 Å². The molecule has 1 unspecified atom stereocenters. The summed E-state index contributed by atoms with van der Waals surface area (Å²) in [5.41, 5.74) is -0.459. The Morgan fingerprint density at radius 3 is 2.71 bits per heavy atom. The van der Waals surface area contributed by atoms with E-state index in [2.05, 4.69) is 0 Å². The molecule has 7 heteroatoms. The van der Waals surface area contributed by atoms with E-state index in [-0.39, 0.29) is 23.2 Å². The fourth-order valence-electron chi connectivity index (χ4n) is 1.08. The summed E-state index contributed by atoms with van der Waals surface area (Å²) in [5, 5.41) is 19.5. The molecule has 1 rings (SSSR count). The Kier molecular flexibility index (Phi) is 4.83. The second-order valence-electron chi connectivity index (χ2n) is 3.57. The second kappa shape index (κ2) is 5.92. The Balaban J connectivity index is 3.02. The van der Waals surface area contributed by atoms with Gasteiger partial charge in [0.05, 0.1) is 4.92 Å². The van der Waals surface area contributed by atoms with E-state index >= 15 is 0 Å². The molecule has 0 radical (unpaired) electrons. The van der Waals surface area contributed by atoms with E-state index in [0.717, 1.165) is 23.9 Å². The van der Waals surface area contributed by atoms with Crippen molar-refractivity contribution in [2.75, 3.05) is 12.4 Å². The van der Waals surface area contributed by atoms with Crippen LogP contribution in [0.3, 0.4) is 0 Å². The van der Waals surface area contributed by atoms with E-state index in [1.165, 1.54) is 0 Å². The van der Waals surface area contributed by atoms with E-state index in [9.17, 15) is 18.9 Å². The number of halogens is 2. The molecule has 0 saturated carbocycles. The number of nitro benzene ring substituents is 1. The molecule has 0 aliphatic carbocycles. The molecule has 1 aromatic carbocycles. The number of thioether (sulfide) groups is 1. The molecule has 0 saturated heterocycles. The molecular formula is C10H11F2NO3S. The number of nitrogens with zero attached hydrogens (tertiary/aromatic N) is 1. The van der Waals surface area contributed by atoms with Crippen molar-refractivity contribution < 1.29 is 18.8 Å². The molecule has 4 nitrogen and oxygen atoms in total. The zero-order valence-electron chi connectivity index (χ0n) is 9.02. The Bertz CT molecular complexity index is 428. The molecular weight excluding hydrogens is 252 g/mol. The maximum Gasteiger partial charge on any atom is 0.286 e. The summed E-state index contributed by atoms with van der Waals surface area (Å²) in [5.74, 6) is -2.20. The van der Waals surface area contributed by atoms with Crippen molar-refractivity contribution in [2.45, 2.75) is 11.8 Å². The number of benzene rings is 1. The summed E-state index contributed by atoms with van der Waals surface area (Å²) in [4.78, 5) is 9.57. The lowest BCUT2D eigenvalue weighted by Crippen LogP contribution is -2.05. The summed E-state index contributed by atoms with van der Waals surface area (Å²) in [6.07, 6.45) is 0. The van der Waals surface area contributed by atoms with E-state index in [1.807, 2.05) is 0 Å². The van der Waals surface area contributed by atoms with Gasteiger partial charge in [-0.05, 0) is 12.0 Å². The molecule has 94 valence electrons. The molecule has 0 spiro atoms. The SMILES string of the molecule is CC(CO)CSc1c([N+](=O)[O-])ccc(F)c1F. The molecule has 0 fully saturated rings. The van der Waals surface area contributed by atoms with Crippen LogP contribution in [0, 0.1) is 27.7 Å². The molecule has 1 atom stereocenters. The van der Waals surface area contributed by atoms with E-state index < -0.39 is 22.2 Å². The molecule has 0 aliphatic heterocycles. The smallest absolute Gasteiger partial charge is 0.286 e. The van der Waals surface area contributed by atoms with Crippen molar-refractivity contribution in [1.29, 1.82) is 0 Å². The third kappa shape index (κ3) is 3.37. The number of hydrogen-bond acceptors (Lipinski definition) is 4. The van der Waals surface area contributed by atoms with E-state index in [0.29, 0.717) is 0 Å².